The number of benzene rings is 2. The molecule has 30 heavy (non-hydrogen) atoms. The Hall–Kier alpha value is -2.80. The number of aryl methyl sites for hydroxylation is 1. The van der Waals surface area contributed by atoms with Crippen molar-refractivity contribution < 1.29 is 9.53 Å². The summed E-state index contributed by atoms with van der Waals surface area (Å²) in [6.07, 6.45) is 0.935. The fourth-order valence-electron chi connectivity index (χ4n) is 3.08. The lowest BCUT2D eigenvalue weighted by molar-refractivity contribution is -0.113. The lowest BCUT2D eigenvalue weighted by atomic mass is 10.1. The van der Waals surface area contributed by atoms with Crippen LogP contribution >= 0.6 is 11.8 Å². The van der Waals surface area contributed by atoms with Crippen molar-refractivity contribution in [3.8, 4) is 17.1 Å². The average Bonchev–Trinajstić information content (AvgIpc) is 3.14. The van der Waals surface area contributed by atoms with E-state index in [1.54, 1.807) is 7.11 Å². The Morgan fingerprint density at radius 3 is 2.60 bits per heavy atom. The van der Waals surface area contributed by atoms with Gasteiger partial charge in [0, 0.05) is 17.8 Å². The zero-order valence-electron chi connectivity index (χ0n) is 17.9. The van der Waals surface area contributed by atoms with Gasteiger partial charge in [0.1, 0.15) is 5.75 Å². The van der Waals surface area contributed by atoms with Crippen LogP contribution in [0, 0.1) is 5.92 Å². The van der Waals surface area contributed by atoms with Gasteiger partial charge in [-0.2, -0.15) is 0 Å². The second-order valence-corrected chi connectivity index (χ2v) is 8.37. The number of nitrogens with zero attached hydrogens (tertiary/aromatic N) is 3. The van der Waals surface area contributed by atoms with Crippen molar-refractivity contribution in [2.24, 2.45) is 5.92 Å². The summed E-state index contributed by atoms with van der Waals surface area (Å²) in [5.74, 6) is 2.23. The number of methoxy groups -OCH3 is 1. The molecular formula is C23H28N4O2S. The van der Waals surface area contributed by atoms with Crippen LogP contribution in [0.1, 0.15) is 26.3 Å². The molecule has 2 aromatic carbocycles. The van der Waals surface area contributed by atoms with E-state index in [2.05, 4.69) is 46.9 Å². The highest BCUT2D eigenvalue weighted by Crippen LogP contribution is 2.26. The number of thioether (sulfide) groups is 1. The lowest BCUT2D eigenvalue weighted by Gasteiger charge is -2.13. The summed E-state index contributed by atoms with van der Waals surface area (Å²) < 4.78 is 7.33. The number of hydrogen-bond acceptors (Lipinski definition) is 5. The molecule has 3 rings (SSSR count). The molecule has 6 nitrogen and oxygen atoms in total. The van der Waals surface area contributed by atoms with E-state index < -0.39 is 0 Å². The van der Waals surface area contributed by atoms with Crippen molar-refractivity contribution in [3.63, 3.8) is 0 Å². The van der Waals surface area contributed by atoms with Crippen molar-refractivity contribution in [2.45, 2.75) is 38.9 Å². The first-order valence-corrected chi connectivity index (χ1v) is 11.1. The average molecular weight is 425 g/mol. The van der Waals surface area contributed by atoms with Crippen LogP contribution in [-0.4, -0.2) is 33.5 Å². The molecule has 0 aliphatic rings. The van der Waals surface area contributed by atoms with E-state index in [0.717, 1.165) is 40.9 Å². The Labute approximate surface area is 182 Å². The fourth-order valence-corrected chi connectivity index (χ4v) is 3.82. The number of carbonyl (C=O) groups is 1. The Balaban J connectivity index is 1.73. The van der Waals surface area contributed by atoms with Gasteiger partial charge in [0.25, 0.3) is 0 Å². The first-order valence-electron chi connectivity index (χ1n) is 10.1. The van der Waals surface area contributed by atoms with E-state index in [4.69, 9.17) is 4.74 Å². The lowest BCUT2D eigenvalue weighted by Crippen LogP contribution is -2.15. The minimum Gasteiger partial charge on any atom is -0.497 e. The molecule has 0 saturated heterocycles. The smallest absolute Gasteiger partial charge is 0.234 e. The van der Waals surface area contributed by atoms with Crippen molar-refractivity contribution in [1.29, 1.82) is 0 Å². The van der Waals surface area contributed by atoms with Crippen molar-refractivity contribution in [2.75, 3.05) is 18.2 Å². The molecule has 0 radical (unpaired) electrons. The first kappa shape index (κ1) is 21.9. The minimum absolute atomic E-state index is 0.0571. The van der Waals surface area contributed by atoms with Crippen LogP contribution in [0.25, 0.3) is 11.4 Å². The molecule has 1 heterocycles. The summed E-state index contributed by atoms with van der Waals surface area (Å²) in [6, 6.07) is 15.7. The Morgan fingerprint density at radius 1 is 1.17 bits per heavy atom. The van der Waals surface area contributed by atoms with Gasteiger partial charge in [-0.3, -0.25) is 4.79 Å². The third-order valence-corrected chi connectivity index (χ3v) is 5.53. The SMILES string of the molecule is CCc1cccc(NC(=O)CSc2nnc(-c3ccc(OC)cc3)n2CC(C)C)c1. The van der Waals surface area contributed by atoms with Crippen LogP contribution in [0.4, 0.5) is 5.69 Å². The second-order valence-electron chi connectivity index (χ2n) is 7.43. The molecule has 1 N–H and O–H groups in total. The number of hydrogen-bond donors (Lipinski definition) is 1. The third-order valence-electron chi connectivity index (χ3n) is 4.56. The van der Waals surface area contributed by atoms with Gasteiger partial charge in [-0.1, -0.05) is 44.7 Å². The van der Waals surface area contributed by atoms with Gasteiger partial charge in [-0.15, -0.1) is 10.2 Å². The summed E-state index contributed by atoms with van der Waals surface area (Å²) in [5.41, 5.74) is 2.99. The number of aromatic nitrogens is 3. The zero-order valence-corrected chi connectivity index (χ0v) is 18.7. The van der Waals surface area contributed by atoms with Gasteiger partial charge < -0.3 is 14.6 Å². The van der Waals surface area contributed by atoms with Crippen LogP contribution in [0.3, 0.4) is 0 Å². The predicted molar refractivity (Wildman–Crippen MR) is 122 cm³/mol. The van der Waals surface area contributed by atoms with Gasteiger partial charge in [-0.25, -0.2) is 0 Å². The number of ether oxygens (including phenoxy) is 1. The summed E-state index contributed by atoms with van der Waals surface area (Å²) in [7, 11) is 1.65. The molecule has 158 valence electrons. The summed E-state index contributed by atoms with van der Waals surface area (Å²) >= 11 is 1.40. The van der Waals surface area contributed by atoms with E-state index >= 15 is 0 Å². The monoisotopic (exact) mass is 424 g/mol. The quantitative estimate of drug-likeness (QED) is 0.495. The topological polar surface area (TPSA) is 69.0 Å². The van der Waals surface area contributed by atoms with Crippen LogP contribution in [-0.2, 0) is 17.8 Å². The maximum Gasteiger partial charge on any atom is 0.234 e. The maximum atomic E-state index is 12.5. The molecule has 1 amide bonds. The summed E-state index contributed by atoms with van der Waals surface area (Å²) in [5, 5.41) is 12.5. The third kappa shape index (κ3) is 5.63. The van der Waals surface area contributed by atoms with E-state index in [0.29, 0.717) is 5.92 Å². The van der Waals surface area contributed by atoms with Crippen molar-refractivity contribution in [1.82, 2.24) is 14.8 Å². The summed E-state index contributed by atoms with van der Waals surface area (Å²) in [6.45, 7) is 7.18. The normalized spacial score (nSPS) is 11.0. The molecule has 0 atom stereocenters. The van der Waals surface area contributed by atoms with Gasteiger partial charge in [0.05, 0.1) is 12.9 Å². The molecule has 0 aliphatic heterocycles. The fraction of sp³-hybridized carbons (Fsp3) is 0.348. The molecule has 0 unspecified atom stereocenters. The molecule has 0 fully saturated rings. The molecule has 0 spiro atoms. The minimum atomic E-state index is -0.0571. The van der Waals surface area contributed by atoms with E-state index in [-0.39, 0.29) is 11.7 Å². The Kier molecular flexibility index (Phi) is 7.52. The molecular weight excluding hydrogens is 396 g/mol. The maximum absolute atomic E-state index is 12.5. The van der Waals surface area contributed by atoms with Crippen LogP contribution < -0.4 is 10.1 Å². The number of amides is 1. The first-order chi connectivity index (χ1) is 14.5. The largest absolute Gasteiger partial charge is 0.497 e. The standard InChI is InChI=1S/C23H28N4O2S/c1-5-17-7-6-8-19(13-17)24-21(28)15-30-23-26-25-22(27(23)14-16(2)3)18-9-11-20(29-4)12-10-18/h6-13,16H,5,14-15H2,1-4H3,(H,24,28). The van der Waals surface area contributed by atoms with Crippen LogP contribution in [0.5, 0.6) is 5.75 Å². The van der Waals surface area contributed by atoms with Crippen molar-refractivity contribution in [3.05, 3.63) is 54.1 Å². The molecule has 0 bridgehead atoms. The number of carbonyl (C=O) groups excluding carboxylic acids is 1. The zero-order chi connectivity index (χ0) is 21.5. The number of rotatable bonds is 9. The highest BCUT2D eigenvalue weighted by atomic mass is 32.2. The molecule has 3 aromatic rings. The Bertz CT molecular complexity index is 983. The molecule has 0 saturated carbocycles. The highest BCUT2D eigenvalue weighted by molar-refractivity contribution is 7.99. The molecule has 0 aliphatic carbocycles. The molecule has 7 heteroatoms. The van der Waals surface area contributed by atoms with E-state index in [9.17, 15) is 4.79 Å². The van der Waals surface area contributed by atoms with E-state index in [1.807, 2.05) is 42.5 Å². The van der Waals surface area contributed by atoms with Gasteiger partial charge in [0.2, 0.25) is 5.91 Å². The second kappa shape index (κ2) is 10.3. The van der Waals surface area contributed by atoms with Gasteiger partial charge in [0.15, 0.2) is 11.0 Å². The number of anilines is 1. The van der Waals surface area contributed by atoms with Crippen LogP contribution in [0.15, 0.2) is 53.7 Å². The summed E-state index contributed by atoms with van der Waals surface area (Å²) in [4.78, 5) is 12.5. The van der Waals surface area contributed by atoms with Gasteiger partial charge in [-0.05, 0) is 54.3 Å². The van der Waals surface area contributed by atoms with Gasteiger partial charge >= 0.3 is 0 Å². The number of nitrogens with one attached hydrogen (secondary N) is 1. The van der Waals surface area contributed by atoms with Crippen LogP contribution in [0.2, 0.25) is 0 Å². The Morgan fingerprint density at radius 2 is 1.93 bits per heavy atom. The van der Waals surface area contributed by atoms with Crippen molar-refractivity contribution >= 4 is 23.4 Å². The molecule has 1 aromatic heterocycles. The predicted octanol–water partition coefficient (Wildman–Crippen LogP) is 4.90. The van der Waals surface area contributed by atoms with E-state index in [1.165, 1.54) is 17.3 Å². The highest BCUT2D eigenvalue weighted by Gasteiger charge is 2.17.